The zero-order chi connectivity index (χ0) is 17.0. The van der Waals surface area contributed by atoms with E-state index in [2.05, 4.69) is 0 Å². The van der Waals surface area contributed by atoms with E-state index in [9.17, 15) is 15.0 Å². The quantitative estimate of drug-likeness (QED) is 0.623. The second kappa shape index (κ2) is 6.98. The maximum absolute atomic E-state index is 11.8. The van der Waals surface area contributed by atoms with E-state index in [0.29, 0.717) is 12.2 Å². The van der Waals surface area contributed by atoms with Crippen LogP contribution >= 0.6 is 0 Å². The van der Waals surface area contributed by atoms with Gasteiger partial charge in [-0.25, -0.2) is 0 Å². The minimum Gasteiger partial charge on any atom is -0.507 e. The van der Waals surface area contributed by atoms with E-state index in [-0.39, 0.29) is 22.8 Å². The number of benzene rings is 1. The predicted molar refractivity (Wildman–Crippen MR) is 86.6 cm³/mol. The number of ketones is 1. The van der Waals surface area contributed by atoms with Crippen LogP contribution in [0.15, 0.2) is 42.0 Å². The van der Waals surface area contributed by atoms with Gasteiger partial charge in [0, 0.05) is 0 Å². The highest BCUT2D eigenvalue weighted by Gasteiger charge is 2.42. The van der Waals surface area contributed by atoms with E-state index in [1.807, 2.05) is 6.92 Å². The Morgan fingerprint density at radius 2 is 2.13 bits per heavy atom. The number of hydrogen-bond acceptors (Lipinski definition) is 5. The number of aromatic hydroxyl groups is 1. The molecule has 2 atom stereocenters. The molecule has 23 heavy (non-hydrogen) atoms. The molecule has 2 unspecified atom stereocenters. The Kier molecular flexibility index (Phi) is 5.23. The lowest BCUT2D eigenvalue weighted by Crippen LogP contribution is -2.50. The lowest BCUT2D eigenvalue weighted by molar-refractivity contribution is -0.197. The van der Waals surface area contributed by atoms with Crippen LogP contribution in [0.25, 0.3) is 0 Å². The maximum atomic E-state index is 11.8. The van der Waals surface area contributed by atoms with E-state index in [4.69, 9.17) is 9.47 Å². The number of rotatable bonds is 6. The minimum atomic E-state index is -1.42. The fraction of sp³-hybridized carbons (Fsp3) is 0.389. The molecule has 0 saturated heterocycles. The van der Waals surface area contributed by atoms with E-state index in [0.717, 1.165) is 6.42 Å². The van der Waals surface area contributed by atoms with Crippen molar-refractivity contribution in [1.29, 1.82) is 0 Å². The molecule has 0 radical (unpaired) electrons. The number of phenols is 1. The molecule has 0 amide bonds. The average molecular weight is 318 g/mol. The van der Waals surface area contributed by atoms with Crippen LogP contribution in [0.5, 0.6) is 11.5 Å². The van der Waals surface area contributed by atoms with Crippen LogP contribution in [0.3, 0.4) is 0 Å². The number of aliphatic hydroxyl groups is 1. The van der Waals surface area contributed by atoms with Crippen molar-refractivity contribution in [3.8, 4) is 11.5 Å². The molecule has 0 bridgehead atoms. The third-order valence-corrected chi connectivity index (χ3v) is 3.66. The van der Waals surface area contributed by atoms with Gasteiger partial charge in [-0.15, -0.1) is 0 Å². The summed E-state index contributed by atoms with van der Waals surface area (Å²) in [5, 5.41) is 20.5. The number of carbonyl (C=O) groups is 1. The first-order chi connectivity index (χ1) is 10.9. The van der Waals surface area contributed by atoms with E-state index < -0.39 is 11.9 Å². The third kappa shape index (κ3) is 3.46. The zero-order valence-electron chi connectivity index (χ0n) is 13.6. The second-order valence-corrected chi connectivity index (χ2v) is 5.55. The number of phenolic OH excluding ortho intramolecular Hbond substituents is 1. The lowest BCUT2D eigenvalue weighted by Gasteiger charge is -2.38. The fourth-order valence-electron chi connectivity index (χ4n) is 2.47. The number of hydrogen-bond donors (Lipinski definition) is 2. The van der Waals surface area contributed by atoms with Crippen molar-refractivity contribution in [2.75, 3.05) is 6.61 Å². The van der Waals surface area contributed by atoms with Crippen molar-refractivity contribution >= 4 is 5.78 Å². The van der Waals surface area contributed by atoms with E-state index in [1.165, 1.54) is 13.0 Å². The van der Waals surface area contributed by atoms with Crippen molar-refractivity contribution in [2.45, 2.75) is 39.1 Å². The number of aliphatic hydroxyl groups excluding tert-OH is 1. The van der Waals surface area contributed by atoms with Gasteiger partial charge < -0.3 is 19.7 Å². The summed E-state index contributed by atoms with van der Waals surface area (Å²) in [6, 6.07) is 4.56. The highest BCUT2D eigenvalue weighted by molar-refractivity contribution is 5.99. The van der Waals surface area contributed by atoms with Crippen LogP contribution in [0.2, 0.25) is 0 Å². The summed E-state index contributed by atoms with van der Waals surface area (Å²) in [6.45, 7) is 5.45. The van der Waals surface area contributed by atoms with Gasteiger partial charge in [0.05, 0.1) is 6.61 Å². The van der Waals surface area contributed by atoms with Gasteiger partial charge in [-0.05, 0) is 44.1 Å². The van der Waals surface area contributed by atoms with Gasteiger partial charge in [0.1, 0.15) is 23.2 Å². The molecule has 124 valence electrons. The van der Waals surface area contributed by atoms with Gasteiger partial charge in [0.25, 0.3) is 5.79 Å². The molecule has 5 nitrogen and oxygen atoms in total. The van der Waals surface area contributed by atoms with Gasteiger partial charge in [-0.3, -0.25) is 4.79 Å². The number of allylic oxidation sites excluding steroid dienone is 2. The fourth-order valence-corrected chi connectivity index (χ4v) is 2.47. The highest BCUT2D eigenvalue weighted by atomic mass is 16.7. The Hall–Kier alpha value is -2.11. The molecule has 1 aliphatic carbocycles. The highest BCUT2D eigenvalue weighted by Crippen LogP contribution is 2.35. The summed E-state index contributed by atoms with van der Waals surface area (Å²) >= 11 is 0. The number of ether oxygens (including phenoxy) is 2. The summed E-state index contributed by atoms with van der Waals surface area (Å²) in [5.74, 6) is -1.74. The Labute approximate surface area is 135 Å². The molecule has 2 rings (SSSR count). The van der Waals surface area contributed by atoms with Crippen LogP contribution < -0.4 is 4.74 Å². The van der Waals surface area contributed by atoms with Crippen LogP contribution in [-0.2, 0) is 4.74 Å². The predicted octanol–water partition coefficient (Wildman–Crippen LogP) is 2.97. The van der Waals surface area contributed by atoms with Crippen molar-refractivity contribution in [1.82, 2.24) is 0 Å². The summed E-state index contributed by atoms with van der Waals surface area (Å²) in [7, 11) is 0. The average Bonchev–Trinajstić information content (AvgIpc) is 2.50. The van der Waals surface area contributed by atoms with Crippen molar-refractivity contribution in [2.24, 2.45) is 0 Å². The molecule has 0 aromatic heterocycles. The van der Waals surface area contributed by atoms with Crippen LogP contribution in [-0.4, -0.2) is 34.5 Å². The van der Waals surface area contributed by atoms with Crippen LogP contribution in [0.1, 0.15) is 37.6 Å². The van der Waals surface area contributed by atoms with Crippen molar-refractivity contribution in [3.05, 3.63) is 47.6 Å². The van der Waals surface area contributed by atoms with E-state index >= 15 is 0 Å². The smallest absolute Gasteiger partial charge is 0.260 e. The Balaban J connectivity index is 2.44. The second-order valence-electron chi connectivity index (χ2n) is 5.55. The lowest BCUT2D eigenvalue weighted by atomic mass is 9.96. The first-order valence-electron chi connectivity index (χ1n) is 7.61. The van der Waals surface area contributed by atoms with Crippen LogP contribution in [0, 0.1) is 0 Å². The molecule has 0 spiro atoms. The standard InChI is InChI=1S/C18H22O5/c1-4-11-22-18(10-6-7-12(2)17(18)21)23-15-9-5-8-14(20)16(15)13(3)19/h5-10,17,20-21H,4,11H2,1-3H3. The number of carbonyl (C=O) groups excluding carboxylic acids is 1. The Morgan fingerprint density at radius 3 is 2.78 bits per heavy atom. The normalized spacial score (nSPS) is 23.5. The first-order valence-corrected chi connectivity index (χ1v) is 7.61. The Bertz CT molecular complexity index is 647. The molecule has 0 saturated carbocycles. The summed E-state index contributed by atoms with van der Waals surface area (Å²) in [6.07, 6.45) is 4.87. The third-order valence-electron chi connectivity index (χ3n) is 3.66. The SMILES string of the molecule is CCCOC1(Oc2cccc(O)c2C(C)=O)C=CC=C(C)C1O. The topological polar surface area (TPSA) is 76.0 Å². The van der Waals surface area contributed by atoms with Gasteiger partial charge in [0.2, 0.25) is 0 Å². The maximum Gasteiger partial charge on any atom is 0.260 e. The van der Waals surface area contributed by atoms with Crippen LogP contribution in [0.4, 0.5) is 0 Å². The molecule has 5 heteroatoms. The molecular weight excluding hydrogens is 296 g/mol. The molecule has 0 aliphatic heterocycles. The number of Topliss-reactive ketones (excluding diaryl/α,β-unsaturated/α-hetero) is 1. The molecule has 1 aromatic rings. The largest absolute Gasteiger partial charge is 0.507 e. The zero-order valence-corrected chi connectivity index (χ0v) is 13.6. The van der Waals surface area contributed by atoms with Gasteiger partial charge in [-0.1, -0.05) is 25.1 Å². The molecule has 2 N–H and O–H groups in total. The van der Waals surface area contributed by atoms with E-state index in [1.54, 1.807) is 37.3 Å². The molecular formula is C18H22O5. The summed E-state index contributed by atoms with van der Waals surface area (Å²) in [4.78, 5) is 11.8. The van der Waals surface area contributed by atoms with Gasteiger partial charge >= 0.3 is 0 Å². The Morgan fingerprint density at radius 1 is 1.39 bits per heavy atom. The summed E-state index contributed by atoms with van der Waals surface area (Å²) in [5.41, 5.74) is 0.757. The molecule has 0 heterocycles. The van der Waals surface area contributed by atoms with Crippen molar-refractivity contribution in [3.63, 3.8) is 0 Å². The molecule has 1 aromatic carbocycles. The van der Waals surface area contributed by atoms with Gasteiger partial charge in [0.15, 0.2) is 5.78 Å². The molecule has 1 aliphatic rings. The minimum absolute atomic E-state index is 0.0692. The summed E-state index contributed by atoms with van der Waals surface area (Å²) < 4.78 is 11.7. The first kappa shape index (κ1) is 17.2. The van der Waals surface area contributed by atoms with Gasteiger partial charge in [-0.2, -0.15) is 0 Å². The van der Waals surface area contributed by atoms with Crippen molar-refractivity contribution < 1.29 is 24.5 Å². The molecule has 0 fully saturated rings. The monoisotopic (exact) mass is 318 g/mol.